The lowest BCUT2D eigenvalue weighted by atomic mass is 9.94. The second kappa shape index (κ2) is 7.00. The first kappa shape index (κ1) is 17.9. The van der Waals surface area contributed by atoms with E-state index in [2.05, 4.69) is 20.3 Å². The average Bonchev–Trinajstić information content (AvgIpc) is 3.30. The first-order chi connectivity index (χ1) is 13.6. The minimum Gasteiger partial charge on any atom is -0.336 e. The van der Waals surface area contributed by atoms with Gasteiger partial charge in [-0.3, -0.25) is 14.5 Å². The van der Waals surface area contributed by atoms with E-state index in [-0.39, 0.29) is 17.4 Å². The van der Waals surface area contributed by atoms with Crippen LogP contribution >= 0.6 is 0 Å². The summed E-state index contributed by atoms with van der Waals surface area (Å²) in [5.41, 5.74) is 2.56. The van der Waals surface area contributed by atoms with Crippen LogP contribution in [0, 0.1) is 6.92 Å². The number of carbonyl (C=O) groups excluding carboxylic acids is 1. The number of piperidine rings is 1. The zero-order chi connectivity index (χ0) is 19.3. The van der Waals surface area contributed by atoms with Crippen molar-refractivity contribution in [1.82, 2.24) is 29.7 Å². The molecule has 0 radical (unpaired) electrons. The summed E-state index contributed by atoms with van der Waals surface area (Å²) in [6.45, 7) is 7.35. The summed E-state index contributed by atoms with van der Waals surface area (Å²) in [5.74, 6) is 0.285. The molecule has 3 aliphatic rings. The Labute approximate surface area is 163 Å². The third kappa shape index (κ3) is 2.95. The molecule has 28 heavy (non-hydrogen) atoms. The normalized spacial score (nSPS) is 24.0. The van der Waals surface area contributed by atoms with Crippen LogP contribution in [0.5, 0.6) is 0 Å². The highest BCUT2D eigenvalue weighted by atomic mass is 16.2. The highest BCUT2D eigenvalue weighted by Crippen LogP contribution is 2.27. The number of hydrogen-bond acceptors (Lipinski definition) is 5. The van der Waals surface area contributed by atoms with Gasteiger partial charge in [-0.15, -0.1) is 0 Å². The first-order valence-electron chi connectivity index (χ1n) is 10.5. The molecule has 3 fully saturated rings. The molecule has 5 rings (SSSR count). The highest BCUT2D eigenvalue weighted by molar-refractivity contribution is 6.01. The molecule has 1 unspecified atom stereocenters. The lowest BCUT2D eigenvalue weighted by molar-refractivity contribution is 0.0572. The predicted octanol–water partition coefficient (Wildman–Crippen LogP) is 0.718. The van der Waals surface area contributed by atoms with Gasteiger partial charge in [0.25, 0.3) is 11.5 Å². The maximum atomic E-state index is 13.4. The Bertz CT molecular complexity index is 957. The van der Waals surface area contributed by atoms with Crippen molar-refractivity contribution < 1.29 is 4.79 Å². The molecule has 1 amide bonds. The molecule has 2 aromatic heterocycles. The van der Waals surface area contributed by atoms with Crippen LogP contribution in [-0.2, 0) is 0 Å². The largest absolute Gasteiger partial charge is 0.336 e. The number of H-pyrrole nitrogens is 1. The number of nitrogens with zero attached hydrogens (tertiary/aromatic N) is 4. The van der Waals surface area contributed by atoms with Crippen LogP contribution in [0.1, 0.15) is 53.3 Å². The lowest BCUT2D eigenvalue weighted by Crippen LogP contribution is -2.52. The summed E-state index contributed by atoms with van der Waals surface area (Å²) in [6, 6.07) is 2.13. The van der Waals surface area contributed by atoms with Gasteiger partial charge >= 0.3 is 0 Å². The fourth-order valence-corrected chi connectivity index (χ4v) is 5.18. The standard InChI is InChI=1S/C20H28N6O2/c1-13-18(20(28)25-10-9-24-8-2-3-15(24)12-25)19-22-17(27)11-16(26(19)23-13)14-4-6-21-7-5-14/h11,14-15,21H,2-10,12H2,1H3,(H,22,27). The van der Waals surface area contributed by atoms with Crippen molar-refractivity contribution in [2.45, 2.75) is 44.6 Å². The molecule has 8 heteroatoms. The Hall–Kier alpha value is -2.19. The number of aromatic amines is 1. The van der Waals surface area contributed by atoms with Gasteiger partial charge in [-0.05, 0) is 52.2 Å². The molecule has 0 aromatic carbocycles. The molecule has 1 atom stereocenters. The number of amides is 1. The Morgan fingerprint density at radius 1 is 1.18 bits per heavy atom. The fraction of sp³-hybridized carbons (Fsp3) is 0.650. The molecule has 5 heterocycles. The van der Waals surface area contributed by atoms with Gasteiger partial charge in [0, 0.05) is 37.7 Å². The van der Waals surface area contributed by atoms with Gasteiger partial charge in [0.05, 0.1) is 11.4 Å². The second-order valence-electron chi connectivity index (χ2n) is 8.39. The van der Waals surface area contributed by atoms with Crippen molar-refractivity contribution in [3.8, 4) is 0 Å². The minimum absolute atomic E-state index is 0.00263. The van der Waals surface area contributed by atoms with E-state index >= 15 is 0 Å². The first-order valence-corrected chi connectivity index (χ1v) is 10.5. The summed E-state index contributed by atoms with van der Waals surface area (Å²) in [4.78, 5) is 33.2. The number of carbonyl (C=O) groups is 1. The summed E-state index contributed by atoms with van der Waals surface area (Å²) in [5, 5.41) is 8.04. The zero-order valence-electron chi connectivity index (χ0n) is 16.4. The third-order valence-electron chi connectivity index (χ3n) is 6.67. The van der Waals surface area contributed by atoms with E-state index in [1.54, 1.807) is 6.07 Å². The van der Waals surface area contributed by atoms with Crippen molar-refractivity contribution in [3.63, 3.8) is 0 Å². The van der Waals surface area contributed by atoms with Crippen molar-refractivity contribution in [1.29, 1.82) is 0 Å². The molecule has 3 saturated heterocycles. The molecule has 3 aliphatic heterocycles. The van der Waals surface area contributed by atoms with Crippen molar-refractivity contribution >= 4 is 11.6 Å². The van der Waals surface area contributed by atoms with E-state index in [9.17, 15) is 9.59 Å². The molecule has 0 aliphatic carbocycles. The number of aryl methyl sites for hydroxylation is 1. The molecule has 2 N–H and O–H groups in total. The van der Waals surface area contributed by atoms with E-state index in [4.69, 9.17) is 0 Å². The Morgan fingerprint density at radius 3 is 2.82 bits per heavy atom. The number of piperazine rings is 1. The van der Waals surface area contributed by atoms with Crippen LogP contribution < -0.4 is 10.9 Å². The number of nitrogens with one attached hydrogen (secondary N) is 2. The summed E-state index contributed by atoms with van der Waals surface area (Å²) < 4.78 is 1.81. The fourth-order valence-electron chi connectivity index (χ4n) is 5.18. The lowest BCUT2D eigenvalue weighted by Gasteiger charge is -2.37. The molecular weight excluding hydrogens is 356 g/mol. The quantitative estimate of drug-likeness (QED) is 0.797. The van der Waals surface area contributed by atoms with E-state index in [0.717, 1.165) is 64.2 Å². The molecule has 0 spiro atoms. The average molecular weight is 384 g/mol. The Morgan fingerprint density at radius 2 is 2.00 bits per heavy atom. The van der Waals surface area contributed by atoms with Gasteiger partial charge in [-0.1, -0.05) is 0 Å². The Balaban J connectivity index is 1.52. The van der Waals surface area contributed by atoms with Gasteiger partial charge in [0.2, 0.25) is 0 Å². The van der Waals surface area contributed by atoms with E-state index in [0.29, 0.717) is 22.9 Å². The molecule has 0 saturated carbocycles. The Kier molecular flexibility index (Phi) is 4.47. The van der Waals surface area contributed by atoms with Gasteiger partial charge in [0.1, 0.15) is 11.2 Å². The molecule has 0 bridgehead atoms. The van der Waals surface area contributed by atoms with Crippen LogP contribution in [-0.4, -0.2) is 75.6 Å². The van der Waals surface area contributed by atoms with Crippen molar-refractivity contribution in [3.05, 3.63) is 33.4 Å². The SMILES string of the molecule is Cc1nn2c(C3CCNCC3)cc(=O)[nH]c2c1C(=O)N1CCN2CCCC2C1. The van der Waals surface area contributed by atoms with E-state index in [1.807, 2.05) is 16.3 Å². The summed E-state index contributed by atoms with van der Waals surface area (Å²) in [7, 11) is 0. The highest BCUT2D eigenvalue weighted by Gasteiger charge is 2.34. The molecular formula is C20H28N6O2. The van der Waals surface area contributed by atoms with Gasteiger partial charge in [0.15, 0.2) is 0 Å². The summed E-state index contributed by atoms with van der Waals surface area (Å²) >= 11 is 0. The smallest absolute Gasteiger partial charge is 0.259 e. The van der Waals surface area contributed by atoms with E-state index < -0.39 is 0 Å². The van der Waals surface area contributed by atoms with Crippen LogP contribution in [0.3, 0.4) is 0 Å². The van der Waals surface area contributed by atoms with Crippen LogP contribution in [0.2, 0.25) is 0 Å². The van der Waals surface area contributed by atoms with Gasteiger partial charge in [-0.25, -0.2) is 4.52 Å². The van der Waals surface area contributed by atoms with E-state index in [1.165, 1.54) is 6.42 Å². The maximum absolute atomic E-state index is 13.4. The molecule has 150 valence electrons. The third-order valence-corrected chi connectivity index (χ3v) is 6.67. The van der Waals surface area contributed by atoms with Crippen molar-refractivity contribution in [2.24, 2.45) is 0 Å². The minimum atomic E-state index is -0.157. The topological polar surface area (TPSA) is 85.7 Å². The molecule has 8 nitrogen and oxygen atoms in total. The van der Waals surface area contributed by atoms with Gasteiger partial charge in [-0.2, -0.15) is 5.10 Å². The zero-order valence-corrected chi connectivity index (χ0v) is 16.4. The molecule has 2 aromatic rings. The number of hydrogen-bond donors (Lipinski definition) is 2. The van der Waals surface area contributed by atoms with Crippen LogP contribution in [0.15, 0.2) is 10.9 Å². The second-order valence-corrected chi connectivity index (χ2v) is 8.39. The number of fused-ring (bicyclic) bond motifs is 2. The maximum Gasteiger partial charge on any atom is 0.259 e. The number of rotatable bonds is 2. The summed E-state index contributed by atoms with van der Waals surface area (Å²) in [6.07, 6.45) is 4.33. The van der Waals surface area contributed by atoms with Crippen molar-refractivity contribution in [2.75, 3.05) is 39.3 Å². The number of aromatic nitrogens is 3. The monoisotopic (exact) mass is 384 g/mol. The van der Waals surface area contributed by atoms with Crippen LogP contribution in [0.4, 0.5) is 0 Å². The predicted molar refractivity (Wildman–Crippen MR) is 106 cm³/mol. The van der Waals surface area contributed by atoms with Crippen LogP contribution in [0.25, 0.3) is 5.65 Å². The van der Waals surface area contributed by atoms with Gasteiger partial charge < -0.3 is 15.2 Å².